The second-order valence-corrected chi connectivity index (χ2v) is 8.44. The number of hydrogen-bond donors (Lipinski definition) is 0. The van der Waals surface area contributed by atoms with E-state index in [0.29, 0.717) is 6.42 Å². The molecule has 0 radical (unpaired) electrons. The molecule has 0 fully saturated rings. The summed E-state index contributed by atoms with van der Waals surface area (Å²) in [5.41, 5.74) is 2.78. The van der Waals surface area contributed by atoms with E-state index in [1.807, 2.05) is 43.5 Å². The van der Waals surface area contributed by atoms with Crippen LogP contribution in [-0.2, 0) is 11.2 Å². The molecule has 0 aliphatic rings. The molecule has 0 saturated carbocycles. The Kier molecular flexibility index (Phi) is 5.12. The lowest BCUT2D eigenvalue weighted by Gasteiger charge is -2.16. The van der Waals surface area contributed by atoms with Gasteiger partial charge in [-0.2, -0.15) is 0 Å². The molecule has 0 unspecified atom stereocenters. The number of nitrogens with zero attached hydrogens (tertiary/aromatic N) is 3. The van der Waals surface area contributed by atoms with Crippen molar-refractivity contribution in [3.8, 4) is 10.6 Å². The van der Waals surface area contributed by atoms with Gasteiger partial charge in [0.25, 0.3) is 0 Å². The number of likely N-dealkylation sites (N-methyl/N-ethyl adjacent to an activating group) is 1. The summed E-state index contributed by atoms with van der Waals surface area (Å²) in [6.07, 6.45) is 0.300. The number of aromatic nitrogens is 2. The summed E-state index contributed by atoms with van der Waals surface area (Å²) in [5.74, 6) is 0.0235. The summed E-state index contributed by atoms with van der Waals surface area (Å²) in [4.78, 5) is 24.3. The molecule has 0 aliphatic carbocycles. The summed E-state index contributed by atoms with van der Waals surface area (Å²) < 4.78 is 0.992. The monoisotopic (exact) mass is 421 g/mol. The number of carbonyl (C=O) groups excluding carboxylic acids is 1. The molecule has 0 saturated heterocycles. The van der Waals surface area contributed by atoms with Crippen molar-refractivity contribution in [1.29, 1.82) is 0 Å². The minimum absolute atomic E-state index is 0.0235. The first-order valence-corrected chi connectivity index (χ1v) is 9.84. The van der Waals surface area contributed by atoms with Gasteiger partial charge < -0.3 is 4.90 Å². The average molecular weight is 422 g/mol. The highest BCUT2D eigenvalue weighted by atomic mass is 79.9. The summed E-state index contributed by atoms with van der Waals surface area (Å²) in [7, 11) is 1.79. The molecular formula is C17H16BrN3OS2. The Morgan fingerprint density at radius 1 is 1.21 bits per heavy atom. The molecule has 2 aromatic heterocycles. The Bertz CT molecular complexity index is 870. The van der Waals surface area contributed by atoms with E-state index in [9.17, 15) is 4.79 Å². The maximum absolute atomic E-state index is 12.5. The van der Waals surface area contributed by atoms with Crippen LogP contribution in [0.4, 0.5) is 5.69 Å². The molecule has 7 heteroatoms. The fourth-order valence-corrected chi connectivity index (χ4v) is 4.32. The van der Waals surface area contributed by atoms with Crippen molar-refractivity contribution < 1.29 is 4.79 Å². The van der Waals surface area contributed by atoms with Gasteiger partial charge in [0.1, 0.15) is 5.01 Å². The van der Waals surface area contributed by atoms with Crippen molar-refractivity contribution in [1.82, 2.24) is 9.97 Å². The predicted octanol–water partition coefficient (Wildman–Crippen LogP) is 4.85. The van der Waals surface area contributed by atoms with Crippen LogP contribution in [0, 0.1) is 13.8 Å². The number of carbonyl (C=O) groups is 1. The molecular weight excluding hydrogens is 406 g/mol. The maximum atomic E-state index is 12.5. The number of hydrogen-bond acceptors (Lipinski definition) is 5. The molecule has 0 atom stereocenters. The van der Waals surface area contributed by atoms with Gasteiger partial charge >= 0.3 is 0 Å². The Labute approximate surface area is 157 Å². The summed E-state index contributed by atoms with van der Waals surface area (Å²) in [6.45, 7) is 3.98. The molecule has 1 aromatic carbocycles. The lowest BCUT2D eigenvalue weighted by atomic mass is 10.3. The van der Waals surface area contributed by atoms with E-state index in [1.54, 1.807) is 23.3 Å². The standard InChI is InChI=1S/C17H16BrN3OS2/c1-10-17(24-11(2)19-10)14-9-23-15(20-14)8-16(22)21(3)13-6-4-12(18)5-7-13/h4-7,9H,8H2,1-3H3. The quantitative estimate of drug-likeness (QED) is 0.604. The van der Waals surface area contributed by atoms with Crippen LogP contribution in [-0.4, -0.2) is 22.9 Å². The minimum atomic E-state index is 0.0235. The van der Waals surface area contributed by atoms with E-state index < -0.39 is 0 Å². The normalized spacial score (nSPS) is 10.8. The summed E-state index contributed by atoms with van der Waals surface area (Å²) in [5, 5.41) is 3.86. The second-order valence-electron chi connectivity index (χ2n) is 5.38. The fraction of sp³-hybridized carbons (Fsp3) is 0.235. The molecule has 4 nitrogen and oxygen atoms in total. The Morgan fingerprint density at radius 2 is 1.92 bits per heavy atom. The molecule has 0 spiro atoms. The Hall–Kier alpha value is -1.57. The van der Waals surface area contributed by atoms with Crippen LogP contribution < -0.4 is 4.90 Å². The molecule has 3 rings (SSSR count). The number of benzene rings is 1. The third-order valence-corrected chi connectivity index (χ3v) is 6.05. The van der Waals surface area contributed by atoms with E-state index in [4.69, 9.17) is 0 Å². The van der Waals surface area contributed by atoms with Gasteiger partial charge in [-0.05, 0) is 38.1 Å². The summed E-state index contributed by atoms with van der Waals surface area (Å²) in [6, 6.07) is 7.68. The SMILES string of the molecule is Cc1nc(C)c(-c2csc(CC(=O)N(C)c3ccc(Br)cc3)n2)s1. The number of halogens is 1. The molecule has 3 aromatic rings. The van der Waals surface area contributed by atoms with Gasteiger partial charge in [-0.3, -0.25) is 4.79 Å². The zero-order valence-electron chi connectivity index (χ0n) is 13.5. The largest absolute Gasteiger partial charge is 0.315 e. The highest BCUT2D eigenvalue weighted by Gasteiger charge is 2.16. The molecule has 0 bridgehead atoms. The number of anilines is 1. The number of thiazole rings is 2. The van der Waals surface area contributed by atoms with E-state index in [-0.39, 0.29) is 5.91 Å². The molecule has 0 aliphatic heterocycles. The van der Waals surface area contributed by atoms with Gasteiger partial charge in [0.05, 0.1) is 27.7 Å². The Balaban J connectivity index is 1.73. The first-order valence-electron chi connectivity index (χ1n) is 7.35. The molecule has 0 N–H and O–H groups in total. The van der Waals surface area contributed by atoms with Crippen molar-refractivity contribution in [2.75, 3.05) is 11.9 Å². The lowest BCUT2D eigenvalue weighted by molar-refractivity contribution is -0.117. The molecule has 2 heterocycles. The number of aryl methyl sites for hydroxylation is 2. The van der Waals surface area contributed by atoms with Crippen LogP contribution >= 0.6 is 38.6 Å². The number of rotatable bonds is 4. The Morgan fingerprint density at radius 3 is 2.54 bits per heavy atom. The van der Waals surface area contributed by atoms with Crippen molar-refractivity contribution in [3.05, 3.63) is 49.8 Å². The predicted molar refractivity (Wildman–Crippen MR) is 104 cm³/mol. The van der Waals surface area contributed by atoms with Crippen molar-refractivity contribution in [2.45, 2.75) is 20.3 Å². The van der Waals surface area contributed by atoms with Crippen LogP contribution in [0.25, 0.3) is 10.6 Å². The van der Waals surface area contributed by atoms with Crippen LogP contribution in [0.2, 0.25) is 0 Å². The summed E-state index contributed by atoms with van der Waals surface area (Å²) >= 11 is 6.56. The van der Waals surface area contributed by atoms with Gasteiger partial charge in [-0.25, -0.2) is 9.97 Å². The minimum Gasteiger partial charge on any atom is -0.315 e. The van der Waals surface area contributed by atoms with Crippen LogP contribution in [0.3, 0.4) is 0 Å². The zero-order valence-corrected chi connectivity index (χ0v) is 16.8. The van der Waals surface area contributed by atoms with E-state index in [1.165, 1.54) is 11.3 Å². The van der Waals surface area contributed by atoms with E-state index >= 15 is 0 Å². The zero-order chi connectivity index (χ0) is 17.3. The molecule has 124 valence electrons. The first kappa shape index (κ1) is 17.3. The van der Waals surface area contributed by atoms with Gasteiger partial charge in [0.15, 0.2) is 0 Å². The maximum Gasteiger partial charge on any atom is 0.233 e. The van der Waals surface area contributed by atoms with Crippen LogP contribution in [0.1, 0.15) is 15.7 Å². The van der Waals surface area contributed by atoms with Gasteiger partial charge in [0.2, 0.25) is 5.91 Å². The third kappa shape index (κ3) is 3.74. The topological polar surface area (TPSA) is 46.1 Å². The van der Waals surface area contributed by atoms with Gasteiger partial charge in [-0.15, -0.1) is 22.7 Å². The second kappa shape index (κ2) is 7.13. The number of amides is 1. The van der Waals surface area contributed by atoms with Gasteiger partial charge in [0, 0.05) is 22.6 Å². The van der Waals surface area contributed by atoms with E-state index in [0.717, 1.165) is 36.4 Å². The first-order chi connectivity index (χ1) is 11.4. The fourth-order valence-electron chi connectivity index (χ4n) is 2.32. The smallest absolute Gasteiger partial charge is 0.233 e. The highest BCUT2D eigenvalue weighted by Crippen LogP contribution is 2.30. The van der Waals surface area contributed by atoms with Crippen LogP contribution in [0.15, 0.2) is 34.1 Å². The molecule has 1 amide bonds. The van der Waals surface area contributed by atoms with Crippen molar-refractivity contribution in [3.63, 3.8) is 0 Å². The lowest BCUT2D eigenvalue weighted by Crippen LogP contribution is -2.27. The van der Waals surface area contributed by atoms with Crippen LogP contribution in [0.5, 0.6) is 0 Å². The van der Waals surface area contributed by atoms with Gasteiger partial charge in [-0.1, -0.05) is 15.9 Å². The average Bonchev–Trinajstić information content (AvgIpc) is 3.13. The highest BCUT2D eigenvalue weighted by molar-refractivity contribution is 9.10. The molecule has 24 heavy (non-hydrogen) atoms. The van der Waals surface area contributed by atoms with Crippen molar-refractivity contribution in [2.24, 2.45) is 0 Å². The van der Waals surface area contributed by atoms with Crippen molar-refractivity contribution >= 4 is 50.2 Å². The van der Waals surface area contributed by atoms with E-state index in [2.05, 4.69) is 25.9 Å². The third-order valence-electron chi connectivity index (χ3n) is 3.58.